The molecule has 0 radical (unpaired) electrons. The summed E-state index contributed by atoms with van der Waals surface area (Å²) < 4.78 is 0. The molecule has 1 amide bonds. The minimum atomic E-state index is -0.0292. The second-order valence-electron chi connectivity index (χ2n) is 6.54. The molecule has 4 nitrogen and oxygen atoms in total. The predicted molar refractivity (Wildman–Crippen MR) is 81.5 cm³/mol. The van der Waals surface area contributed by atoms with Crippen molar-refractivity contribution < 1.29 is 4.79 Å². The molecule has 0 bridgehead atoms. The molecular weight excluding hydrogens is 250 g/mol. The Morgan fingerprint density at radius 3 is 2.65 bits per heavy atom. The second kappa shape index (κ2) is 5.81. The van der Waals surface area contributed by atoms with Crippen LogP contribution >= 0.6 is 0 Å². The summed E-state index contributed by atoms with van der Waals surface area (Å²) >= 11 is 0. The summed E-state index contributed by atoms with van der Waals surface area (Å²) in [5.74, 6) is 0.387. The van der Waals surface area contributed by atoms with Crippen LogP contribution in [0, 0.1) is 5.41 Å². The van der Waals surface area contributed by atoms with Crippen LogP contribution in [-0.4, -0.2) is 16.9 Å². The Morgan fingerprint density at radius 1 is 1.40 bits per heavy atom. The molecule has 1 aliphatic carbocycles. The Bertz CT molecular complexity index is 486. The van der Waals surface area contributed by atoms with Gasteiger partial charge >= 0.3 is 0 Å². The van der Waals surface area contributed by atoms with E-state index in [9.17, 15) is 4.79 Å². The highest BCUT2D eigenvalue weighted by Crippen LogP contribution is 2.35. The van der Waals surface area contributed by atoms with Crippen LogP contribution in [0.5, 0.6) is 0 Å². The Balaban J connectivity index is 2.00. The molecule has 110 valence electrons. The highest BCUT2D eigenvalue weighted by molar-refractivity contribution is 5.95. The van der Waals surface area contributed by atoms with Gasteiger partial charge in [-0.15, -0.1) is 0 Å². The number of hydrogen-bond donors (Lipinski definition) is 2. The van der Waals surface area contributed by atoms with Crippen LogP contribution in [0.2, 0.25) is 0 Å². The number of amides is 1. The standard InChI is InChI=1S/C16H25N3O/c1-4-12-9-11(10-14(17)18-12)15(20)19-13-5-7-16(2,3)8-6-13/h9-10,13H,4-8H2,1-3H3,(H2,17,18)(H,19,20). The number of nitrogens with one attached hydrogen (secondary N) is 1. The van der Waals surface area contributed by atoms with Gasteiger partial charge in [-0.05, 0) is 49.7 Å². The molecule has 0 aromatic carbocycles. The Morgan fingerprint density at radius 2 is 2.05 bits per heavy atom. The molecule has 1 aliphatic rings. The zero-order valence-electron chi connectivity index (χ0n) is 12.7. The van der Waals surface area contributed by atoms with Gasteiger partial charge in [-0.2, -0.15) is 0 Å². The van der Waals surface area contributed by atoms with E-state index in [1.165, 1.54) is 0 Å². The Kier molecular flexibility index (Phi) is 4.31. The summed E-state index contributed by atoms with van der Waals surface area (Å²) in [6, 6.07) is 3.77. The Hall–Kier alpha value is -1.58. The summed E-state index contributed by atoms with van der Waals surface area (Å²) in [4.78, 5) is 16.5. The van der Waals surface area contributed by atoms with Crippen LogP contribution in [-0.2, 0) is 6.42 Å². The maximum atomic E-state index is 12.3. The van der Waals surface area contributed by atoms with E-state index in [1.54, 1.807) is 6.07 Å². The number of carbonyl (C=O) groups excluding carboxylic acids is 1. The second-order valence-corrected chi connectivity index (χ2v) is 6.54. The van der Waals surface area contributed by atoms with Crippen LogP contribution in [0.25, 0.3) is 0 Å². The lowest BCUT2D eigenvalue weighted by molar-refractivity contribution is 0.0909. The van der Waals surface area contributed by atoms with Crippen LogP contribution in [0.3, 0.4) is 0 Å². The average Bonchev–Trinajstić information content (AvgIpc) is 2.40. The van der Waals surface area contributed by atoms with Gasteiger partial charge in [0.15, 0.2) is 0 Å². The van der Waals surface area contributed by atoms with Crippen molar-refractivity contribution in [3.05, 3.63) is 23.4 Å². The van der Waals surface area contributed by atoms with Gasteiger partial charge in [0.05, 0.1) is 0 Å². The minimum absolute atomic E-state index is 0.0292. The number of pyridine rings is 1. The van der Waals surface area contributed by atoms with Gasteiger partial charge in [-0.1, -0.05) is 20.8 Å². The number of hydrogen-bond acceptors (Lipinski definition) is 3. The fourth-order valence-electron chi connectivity index (χ4n) is 2.74. The molecule has 1 heterocycles. The van der Waals surface area contributed by atoms with E-state index in [1.807, 2.05) is 13.0 Å². The van der Waals surface area contributed by atoms with E-state index in [4.69, 9.17) is 5.73 Å². The zero-order valence-corrected chi connectivity index (χ0v) is 12.7. The van der Waals surface area contributed by atoms with E-state index in [-0.39, 0.29) is 11.9 Å². The first-order chi connectivity index (χ1) is 9.39. The predicted octanol–water partition coefficient (Wildman–Crippen LogP) is 2.92. The van der Waals surface area contributed by atoms with E-state index < -0.39 is 0 Å². The van der Waals surface area contributed by atoms with E-state index in [0.29, 0.717) is 16.8 Å². The molecule has 1 fully saturated rings. The van der Waals surface area contributed by atoms with Gasteiger partial charge in [0.1, 0.15) is 5.82 Å². The molecule has 4 heteroatoms. The molecule has 20 heavy (non-hydrogen) atoms. The normalized spacial score (nSPS) is 18.8. The maximum absolute atomic E-state index is 12.3. The maximum Gasteiger partial charge on any atom is 0.251 e. The minimum Gasteiger partial charge on any atom is -0.384 e. The van der Waals surface area contributed by atoms with Crippen LogP contribution in [0.4, 0.5) is 5.82 Å². The molecule has 0 atom stereocenters. The smallest absolute Gasteiger partial charge is 0.251 e. The van der Waals surface area contributed by atoms with E-state index >= 15 is 0 Å². The van der Waals surface area contributed by atoms with Crippen molar-refractivity contribution in [3.63, 3.8) is 0 Å². The SMILES string of the molecule is CCc1cc(C(=O)NC2CCC(C)(C)CC2)cc(N)n1. The van der Waals surface area contributed by atoms with Crippen molar-refractivity contribution in [2.24, 2.45) is 5.41 Å². The molecule has 1 aromatic rings. The number of aryl methyl sites for hydroxylation is 1. The third-order valence-electron chi connectivity index (χ3n) is 4.20. The summed E-state index contributed by atoms with van der Waals surface area (Å²) in [6.45, 7) is 6.59. The highest BCUT2D eigenvalue weighted by Gasteiger charge is 2.27. The highest BCUT2D eigenvalue weighted by atomic mass is 16.1. The summed E-state index contributed by atoms with van der Waals surface area (Å²) in [5.41, 5.74) is 7.65. The lowest BCUT2D eigenvalue weighted by atomic mass is 9.75. The van der Waals surface area contributed by atoms with Crippen molar-refractivity contribution in [2.75, 3.05) is 5.73 Å². The lowest BCUT2D eigenvalue weighted by Gasteiger charge is -2.34. The fourth-order valence-corrected chi connectivity index (χ4v) is 2.74. The third-order valence-corrected chi connectivity index (χ3v) is 4.20. The number of rotatable bonds is 3. The average molecular weight is 275 g/mol. The van der Waals surface area contributed by atoms with Crippen molar-refractivity contribution in [2.45, 2.75) is 58.9 Å². The number of nitrogens with two attached hydrogens (primary N) is 1. The molecule has 1 saturated carbocycles. The number of aromatic nitrogens is 1. The van der Waals surface area contributed by atoms with Gasteiger partial charge in [0.25, 0.3) is 5.91 Å². The van der Waals surface area contributed by atoms with Crippen molar-refractivity contribution in [1.29, 1.82) is 0 Å². The number of nitrogen functional groups attached to an aromatic ring is 1. The topological polar surface area (TPSA) is 68.0 Å². The van der Waals surface area contributed by atoms with E-state index in [0.717, 1.165) is 37.8 Å². The zero-order chi connectivity index (χ0) is 14.8. The molecule has 0 saturated heterocycles. The molecule has 0 spiro atoms. The van der Waals surface area contributed by atoms with Gasteiger partial charge in [-0.3, -0.25) is 4.79 Å². The van der Waals surface area contributed by atoms with Crippen LogP contribution in [0.1, 0.15) is 62.5 Å². The van der Waals surface area contributed by atoms with Gasteiger partial charge in [0.2, 0.25) is 0 Å². The molecule has 3 N–H and O–H groups in total. The number of nitrogens with zero attached hydrogens (tertiary/aromatic N) is 1. The molecular formula is C16H25N3O. The van der Waals surface area contributed by atoms with E-state index in [2.05, 4.69) is 24.1 Å². The third kappa shape index (κ3) is 3.71. The lowest BCUT2D eigenvalue weighted by Crippen LogP contribution is -2.39. The van der Waals surface area contributed by atoms with Crippen LogP contribution in [0.15, 0.2) is 12.1 Å². The molecule has 2 rings (SSSR count). The van der Waals surface area contributed by atoms with Gasteiger partial charge in [0, 0.05) is 17.3 Å². The first kappa shape index (κ1) is 14.8. The summed E-state index contributed by atoms with van der Waals surface area (Å²) in [7, 11) is 0. The summed E-state index contributed by atoms with van der Waals surface area (Å²) in [6.07, 6.45) is 5.22. The molecule has 0 aliphatic heterocycles. The van der Waals surface area contributed by atoms with Gasteiger partial charge < -0.3 is 11.1 Å². The van der Waals surface area contributed by atoms with Gasteiger partial charge in [-0.25, -0.2) is 4.98 Å². The monoisotopic (exact) mass is 275 g/mol. The first-order valence-corrected chi connectivity index (χ1v) is 7.47. The van der Waals surface area contributed by atoms with Crippen molar-refractivity contribution in [1.82, 2.24) is 10.3 Å². The molecule has 0 unspecified atom stereocenters. The fraction of sp³-hybridized carbons (Fsp3) is 0.625. The van der Waals surface area contributed by atoms with Crippen molar-refractivity contribution in [3.8, 4) is 0 Å². The summed E-state index contributed by atoms with van der Waals surface area (Å²) in [5, 5.41) is 3.13. The number of carbonyl (C=O) groups is 1. The largest absolute Gasteiger partial charge is 0.384 e. The Labute approximate surface area is 121 Å². The van der Waals surface area contributed by atoms with Crippen LogP contribution < -0.4 is 11.1 Å². The number of anilines is 1. The quantitative estimate of drug-likeness (QED) is 0.891. The molecule has 1 aromatic heterocycles. The van der Waals surface area contributed by atoms with Crippen molar-refractivity contribution >= 4 is 11.7 Å². The first-order valence-electron chi connectivity index (χ1n) is 7.47.